The third kappa shape index (κ3) is 4.97. The van der Waals surface area contributed by atoms with Crippen LogP contribution >= 0.6 is 0 Å². The predicted molar refractivity (Wildman–Crippen MR) is 112 cm³/mol. The van der Waals surface area contributed by atoms with Crippen molar-refractivity contribution in [1.82, 2.24) is 0 Å². The zero-order chi connectivity index (χ0) is 21.6. The summed E-state index contributed by atoms with van der Waals surface area (Å²) in [6.07, 6.45) is 4.31. The Hall–Kier alpha value is -4.39. The Balaban J connectivity index is 1.61. The first kappa shape index (κ1) is 19.9. The van der Waals surface area contributed by atoms with Crippen LogP contribution in [0.3, 0.4) is 0 Å². The molecule has 0 aliphatic rings. The Morgan fingerprint density at radius 1 is 0.839 bits per heavy atom. The molecule has 0 N–H and O–H groups in total. The summed E-state index contributed by atoms with van der Waals surface area (Å²) in [7, 11) is 0. The van der Waals surface area contributed by atoms with Crippen LogP contribution in [0.5, 0.6) is 11.5 Å². The van der Waals surface area contributed by atoms with E-state index >= 15 is 0 Å². The minimum absolute atomic E-state index is 0.0411. The molecule has 2 heterocycles. The second-order valence-corrected chi connectivity index (χ2v) is 6.53. The van der Waals surface area contributed by atoms with Crippen molar-refractivity contribution in [3.8, 4) is 11.5 Å². The average Bonchev–Trinajstić information content (AvgIpc) is 3.49. The van der Waals surface area contributed by atoms with Gasteiger partial charge in [-0.25, -0.2) is 9.59 Å². The van der Waals surface area contributed by atoms with Crippen LogP contribution in [0.1, 0.15) is 32.2 Å². The van der Waals surface area contributed by atoms with Crippen molar-refractivity contribution in [2.24, 2.45) is 4.99 Å². The van der Waals surface area contributed by atoms with E-state index in [-0.39, 0.29) is 23.0 Å². The van der Waals surface area contributed by atoms with E-state index in [1.807, 2.05) is 31.2 Å². The molecule has 0 spiro atoms. The summed E-state index contributed by atoms with van der Waals surface area (Å²) >= 11 is 0. The van der Waals surface area contributed by atoms with Crippen LogP contribution in [0.4, 0.5) is 5.69 Å². The van der Waals surface area contributed by atoms with Gasteiger partial charge in [-0.2, -0.15) is 0 Å². The lowest BCUT2D eigenvalue weighted by atomic mass is 10.2. The van der Waals surface area contributed by atoms with Crippen molar-refractivity contribution >= 4 is 23.8 Å². The number of carbonyl (C=O) groups excluding carboxylic acids is 2. The number of esters is 2. The fraction of sp³-hybridized carbons (Fsp3) is 0.0417. The van der Waals surface area contributed by atoms with Gasteiger partial charge < -0.3 is 18.3 Å². The van der Waals surface area contributed by atoms with Crippen LogP contribution in [0, 0.1) is 6.92 Å². The third-order valence-electron chi connectivity index (χ3n) is 4.23. The van der Waals surface area contributed by atoms with E-state index in [1.165, 1.54) is 30.7 Å². The molecule has 31 heavy (non-hydrogen) atoms. The maximum absolute atomic E-state index is 12.4. The highest BCUT2D eigenvalue weighted by molar-refractivity contribution is 5.92. The van der Waals surface area contributed by atoms with E-state index in [4.69, 9.17) is 18.3 Å². The molecule has 4 aromatic rings. The van der Waals surface area contributed by atoms with Crippen molar-refractivity contribution in [2.45, 2.75) is 6.92 Å². The maximum atomic E-state index is 12.4. The fourth-order valence-electron chi connectivity index (χ4n) is 2.65. The van der Waals surface area contributed by atoms with Gasteiger partial charge in [0.25, 0.3) is 0 Å². The van der Waals surface area contributed by atoms with Crippen LogP contribution in [0.2, 0.25) is 0 Å². The molecule has 0 aliphatic carbocycles. The summed E-state index contributed by atoms with van der Waals surface area (Å²) in [6, 6.07) is 18.4. The largest absolute Gasteiger partial charge is 0.457 e. The Morgan fingerprint density at radius 3 is 2.10 bits per heavy atom. The molecule has 154 valence electrons. The number of carbonyl (C=O) groups is 2. The molecule has 0 saturated heterocycles. The molecule has 0 radical (unpaired) electrons. The second-order valence-electron chi connectivity index (χ2n) is 6.53. The van der Waals surface area contributed by atoms with E-state index in [0.717, 1.165) is 11.3 Å². The van der Waals surface area contributed by atoms with Crippen LogP contribution in [-0.2, 0) is 0 Å². The smallest absolute Gasteiger partial charge is 0.379 e. The zero-order valence-electron chi connectivity index (χ0n) is 16.5. The molecule has 0 saturated carbocycles. The standard InChI is InChI=1S/C24H17NO6/c1-16-6-9-18(10-7-16)25-15-17-8-11-19(30-23(26)20-4-2-12-28-20)14-22(17)31-24(27)21-5-3-13-29-21/h2-15H,1H3. The number of nitrogens with zero attached hydrogens (tertiary/aromatic N) is 1. The Labute approximate surface area is 177 Å². The number of aryl methyl sites for hydroxylation is 1. The first-order valence-corrected chi connectivity index (χ1v) is 9.34. The first-order valence-electron chi connectivity index (χ1n) is 9.34. The minimum atomic E-state index is -0.690. The molecule has 4 rings (SSSR count). The summed E-state index contributed by atoms with van der Waals surface area (Å²) in [5, 5.41) is 0. The highest BCUT2D eigenvalue weighted by Crippen LogP contribution is 2.26. The van der Waals surface area contributed by atoms with Gasteiger partial charge >= 0.3 is 11.9 Å². The van der Waals surface area contributed by atoms with Gasteiger partial charge in [-0.15, -0.1) is 0 Å². The number of aliphatic imine (C=N–C) groups is 1. The topological polar surface area (TPSA) is 91.2 Å². The van der Waals surface area contributed by atoms with E-state index in [2.05, 4.69) is 4.99 Å². The molecular formula is C24H17NO6. The Morgan fingerprint density at radius 2 is 1.48 bits per heavy atom. The lowest BCUT2D eigenvalue weighted by Gasteiger charge is -2.09. The number of rotatable bonds is 6. The van der Waals surface area contributed by atoms with Crippen molar-refractivity contribution in [2.75, 3.05) is 0 Å². The average molecular weight is 415 g/mol. The number of hydrogen-bond acceptors (Lipinski definition) is 7. The molecule has 0 atom stereocenters. The number of hydrogen-bond donors (Lipinski definition) is 0. The molecule has 2 aromatic carbocycles. The van der Waals surface area contributed by atoms with Gasteiger partial charge in [0.05, 0.1) is 18.2 Å². The highest BCUT2D eigenvalue weighted by Gasteiger charge is 2.17. The predicted octanol–water partition coefficient (Wildman–Crippen LogP) is 5.37. The van der Waals surface area contributed by atoms with Gasteiger partial charge in [0.1, 0.15) is 11.5 Å². The van der Waals surface area contributed by atoms with Crippen molar-refractivity contribution in [3.05, 3.63) is 102 Å². The van der Waals surface area contributed by atoms with Crippen LogP contribution in [-0.4, -0.2) is 18.2 Å². The number of furan rings is 2. The van der Waals surface area contributed by atoms with Crippen LogP contribution in [0.15, 0.2) is 93.1 Å². The van der Waals surface area contributed by atoms with E-state index in [0.29, 0.717) is 5.56 Å². The molecule has 7 heteroatoms. The molecule has 0 fully saturated rings. The van der Waals surface area contributed by atoms with Gasteiger partial charge in [-0.3, -0.25) is 4.99 Å². The highest BCUT2D eigenvalue weighted by atomic mass is 16.6. The minimum Gasteiger partial charge on any atom is -0.457 e. The monoisotopic (exact) mass is 415 g/mol. The Bertz CT molecular complexity index is 1210. The quantitative estimate of drug-likeness (QED) is 0.239. The third-order valence-corrected chi connectivity index (χ3v) is 4.23. The van der Waals surface area contributed by atoms with Crippen LogP contribution < -0.4 is 9.47 Å². The molecule has 7 nitrogen and oxygen atoms in total. The molecule has 0 bridgehead atoms. The van der Waals surface area contributed by atoms with Gasteiger partial charge in [0.15, 0.2) is 0 Å². The second kappa shape index (κ2) is 8.96. The summed E-state index contributed by atoms with van der Waals surface area (Å²) in [5.41, 5.74) is 2.37. The summed E-state index contributed by atoms with van der Waals surface area (Å²) in [6.45, 7) is 1.99. The van der Waals surface area contributed by atoms with E-state index in [9.17, 15) is 9.59 Å². The van der Waals surface area contributed by atoms with Crippen molar-refractivity contribution in [1.29, 1.82) is 0 Å². The summed E-state index contributed by atoms with van der Waals surface area (Å²) < 4.78 is 20.9. The first-order chi connectivity index (χ1) is 15.1. The van der Waals surface area contributed by atoms with Gasteiger partial charge in [-0.05, 0) is 55.5 Å². The number of ether oxygens (including phenoxy) is 2. The Kier molecular flexibility index (Phi) is 5.75. The molecule has 0 unspecified atom stereocenters. The lowest BCUT2D eigenvalue weighted by molar-refractivity contribution is 0.0698. The van der Waals surface area contributed by atoms with Gasteiger partial charge in [0.2, 0.25) is 11.5 Å². The summed E-state index contributed by atoms with van der Waals surface area (Å²) in [5.74, 6) is -0.935. The zero-order valence-corrected chi connectivity index (χ0v) is 16.5. The molecule has 0 amide bonds. The molecule has 0 aliphatic heterocycles. The molecule has 2 aromatic heterocycles. The summed E-state index contributed by atoms with van der Waals surface area (Å²) in [4.78, 5) is 28.9. The molecular weight excluding hydrogens is 398 g/mol. The van der Waals surface area contributed by atoms with Crippen LogP contribution in [0.25, 0.3) is 0 Å². The fourth-order valence-corrected chi connectivity index (χ4v) is 2.65. The van der Waals surface area contributed by atoms with E-state index in [1.54, 1.807) is 30.5 Å². The SMILES string of the molecule is Cc1ccc(N=Cc2ccc(OC(=O)c3ccco3)cc2OC(=O)c2ccco2)cc1. The van der Waals surface area contributed by atoms with Crippen molar-refractivity contribution in [3.63, 3.8) is 0 Å². The van der Waals surface area contributed by atoms with Crippen molar-refractivity contribution < 1.29 is 27.9 Å². The van der Waals surface area contributed by atoms with Gasteiger partial charge in [-0.1, -0.05) is 17.7 Å². The van der Waals surface area contributed by atoms with E-state index < -0.39 is 11.9 Å². The maximum Gasteiger partial charge on any atom is 0.379 e. The van der Waals surface area contributed by atoms with Gasteiger partial charge in [0, 0.05) is 17.8 Å². The number of benzene rings is 2. The normalized spacial score (nSPS) is 10.9. The lowest BCUT2D eigenvalue weighted by Crippen LogP contribution is -2.10.